The maximum Gasteiger partial charge on any atom is 0.0992 e. The van der Waals surface area contributed by atoms with Crippen LogP contribution in [0.3, 0.4) is 0 Å². The van der Waals surface area contributed by atoms with Crippen molar-refractivity contribution in [3.63, 3.8) is 0 Å². The first-order valence-corrected chi connectivity index (χ1v) is 7.30. The molecule has 0 spiro atoms. The van der Waals surface area contributed by atoms with E-state index in [0.717, 1.165) is 22.3 Å². The summed E-state index contributed by atoms with van der Waals surface area (Å²) in [6.45, 7) is 0. The first-order chi connectivity index (χ1) is 11.7. The quantitative estimate of drug-likeness (QED) is 0.692. The minimum absolute atomic E-state index is 0.566. The Hall–Kier alpha value is -3.87. The second kappa shape index (κ2) is 6.49. The maximum atomic E-state index is 9.31. The summed E-state index contributed by atoms with van der Waals surface area (Å²) in [7, 11) is 0. The summed E-state index contributed by atoms with van der Waals surface area (Å²) in [5, 5.41) is 27.1. The van der Waals surface area contributed by atoms with Crippen molar-refractivity contribution in [3.8, 4) is 40.5 Å². The normalized spacial score (nSPS) is 9.54. The standard InChI is InChI=1S/C21H11N3/c22-12-15-1-5-18(6-2-15)20-9-17(14-24)10-21(11-20)19-7-3-16(13-23)4-8-19/h1-11H. The van der Waals surface area contributed by atoms with Gasteiger partial charge in [-0.05, 0) is 64.7 Å². The van der Waals surface area contributed by atoms with Crippen molar-refractivity contribution in [2.24, 2.45) is 0 Å². The molecule has 0 radical (unpaired) electrons. The summed E-state index contributed by atoms with van der Waals surface area (Å²) in [5.41, 5.74) is 5.49. The van der Waals surface area contributed by atoms with Crippen LogP contribution >= 0.6 is 0 Å². The molecule has 0 aliphatic rings. The van der Waals surface area contributed by atoms with E-state index < -0.39 is 0 Å². The highest BCUT2D eigenvalue weighted by molar-refractivity contribution is 5.75. The molecule has 0 heterocycles. The lowest BCUT2D eigenvalue weighted by Gasteiger charge is -2.08. The molecule has 110 valence electrons. The monoisotopic (exact) mass is 305 g/mol. The molecule has 0 aliphatic carbocycles. The zero-order valence-corrected chi connectivity index (χ0v) is 12.7. The van der Waals surface area contributed by atoms with Crippen LogP contribution in [0, 0.1) is 34.0 Å². The van der Waals surface area contributed by atoms with Crippen LogP contribution in [0.15, 0.2) is 66.7 Å². The molecule has 0 saturated carbocycles. The lowest BCUT2D eigenvalue weighted by Crippen LogP contribution is -1.86. The van der Waals surface area contributed by atoms with Gasteiger partial charge in [0.1, 0.15) is 0 Å². The Morgan fingerprint density at radius 2 is 0.792 bits per heavy atom. The van der Waals surface area contributed by atoms with Gasteiger partial charge in [-0.1, -0.05) is 24.3 Å². The predicted molar refractivity (Wildman–Crippen MR) is 91.5 cm³/mol. The zero-order valence-electron chi connectivity index (χ0n) is 12.7. The number of rotatable bonds is 2. The van der Waals surface area contributed by atoms with Crippen LogP contribution in [0.1, 0.15) is 16.7 Å². The van der Waals surface area contributed by atoms with Crippen LogP contribution in [0.5, 0.6) is 0 Å². The van der Waals surface area contributed by atoms with Gasteiger partial charge < -0.3 is 0 Å². The Morgan fingerprint density at radius 1 is 0.417 bits per heavy atom. The molecular weight excluding hydrogens is 294 g/mol. The number of nitriles is 3. The van der Waals surface area contributed by atoms with E-state index in [2.05, 4.69) is 18.2 Å². The molecule has 0 aliphatic heterocycles. The van der Waals surface area contributed by atoms with Gasteiger partial charge in [0.2, 0.25) is 0 Å². The average Bonchev–Trinajstić information content (AvgIpc) is 2.67. The number of nitrogens with zero attached hydrogens (tertiary/aromatic N) is 3. The van der Waals surface area contributed by atoms with Gasteiger partial charge >= 0.3 is 0 Å². The van der Waals surface area contributed by atoms with Crippen molar-refractivity contribution in [2.45, 2.75) is 0 Å². The highest BCUT2D eigenvalue weighted by Crippen LogP contribution is 2.28. The lowest BCUT2D eigenvalue weighted by atomic mass is 9.95. The Balaban J connectivity index is 2.09. The fourth-order valence-corrected chi connectivity index (χ4v) is 2.50. The van der Waals surface area contributed by atoms with E-state index in [-0.39, 0.29) is 0 Å². The topological polar surface area (TPSA) is 71.4 Å². The Bertz CT molecular complexity index is 933. The number of benzene rings is 3. The third kappa shape index (κ3) is 3.00. The van der Waals surface area contributed by atoms with Gasteiger partial charge in [0, 0.05) is 0 Å². The van der Waals surface area contributed by atoms with E-state index >= 15 is 0 Å². The molecule has 3 nitrogen and oxygen atoms in total. The summed E-state index contributed by atoms with van der Waals surface area (Å²) in [6.07, 6.45) is 0. The fraction of sp³-hybridized carbons (Fsp3) is 0. The van der Waals surface area contributed by atoms with Crippen LogP contribution < -0.4 is 0 Å². The van der Waals surface area contributed by atoms with Gasteiger partial charge in [-0.15, -0.1) is 0 Å². The largest absolute Gasteiger partial charge is 0.192 e. The SMILES string of the molecule is N#Cc1ccc(-c2cc(C#N)cc(-c3ccc(C#N)cc3)c2)cc1. The third-order valence-corrected chi connectivity index (χ3v) is 3.76. The fourth-order valence-electron chi connectivity index (χ4n) is 2.50. The molecule has 0 aromatic heterocycles. The molecule has 0 saturated heterocycles. The molecule has 0 bridgehead atoms. The van der Waals surface area contributed by atoms with Gasteiger partial charge in [0.05, 0.1) is 34.9 Å². The molecule has 0 amide bonds. The highest BCUT2D eigenvalue weighted by atomic mass is 14.2. The number of hydrogen-bond acceptors (Lipinski definition) is 3. The van der Waals surface area contributed by atoms with Crippen molar-refractivity contribution in [2.75, 3.05) is 0 Å². The molecule has 0 atom stereocenters. The zero-order chi connectivity index (χ0) is 16.9. The van der Waals surface area contributed by atoms with Gasteiger partial charge in [0.25, 0.3) is 0 Å². The van der Waals surface area contributed by atoms with E-state index in [9.17, 15) is 5.26 Å². The van der Waals surface area contributed by atoms with E-state index in [4.69, 9.17) is 10.5 Å². The summed E-state index contributed by atoms with van der Waals surface area (Å²) in [4.78, 5) is 0. The minimum atomic E-state index is 0.566. The summed E-state index contributed by atoms with van der Waals surface area (Å²) >= 11 is 0. The average molecular weight is 305 g/mol. The molecule has 0 N–H and O–H groups in total. The lowest BCUT2D eigenvalue weighted by molar-refractivity contribution is 1.46. The first-order valence-electron chi connectivity index (χ1n) is 7.30. The number of hydrogen-bond donors (Lipinski definition) is 0. The second-order valence-corrected chi connectivity index (χ2v) is 5.29. The molecule has 0 fully saturated rings. The van der Waals surface area contributed by atoms with Crippen molar-refractivity contribution in [3.05, 3.63) is 83.4 Å². The molecule has 3 aromatic rings. The van der Waals surface area contributed by atoms with E-state index in [1.807, 2.05) is 42.5 Å². The van der Waals surface area contributed by atoms with Gasteiger partial charge in [-0.2, -0.15) is 15.8 Å². The van der Waals surface area contributed by atoms with Crippen LogP contribution in [0.25, 0.3) is 22.3 Å². The Kier molecular flexibility index (Phi) is 4.07. The van der Waals surface area contributed by atoms with Gasteiger partial charge in [0.15, 0.2) is 0 Å². The smallest absolute Gasteiger partial charge is 0.0992 e. The van der Waals surface area contributed by atoms with Gasteiger partial charge in [-0.3, -0.25) is 0 Å². The Morgan fingerprint density at radius 3 is 1.12 bits per heavy atom. The van der Waals surface area contributed by atoms with E-state index in [1.54, 1.807) is 24.3 Å². The molecule has 0 unspecified atom stereocenters. The summed E-state index contributed by atoms with van der Waals surface area (Å²) in [5.74, 6) is 0. The van der Waals surface area contributed by atoms with E-state index in [0.29, 0.717) is 16.7 Å². The highest BCUT2D eigenvalue weighted by Gasteiger charge is 2.06. The molecule has 3 heteroatoms. The van der Waals surface area contributed by atoms with Gasteiger partial charge in [-0.25, -0.2) is 0 Å². The van der Waals surface area contributed by atoms with Crippen molar-refractivity contribution < 1.29 is 0 Å². The maximum absolute atomic E-state index is 9.31. The molecule has 3 aromatic carbocycles. The Labute approximate surface area is 140 Å². The van der Waals surface area contributed by atoms with Crippen LogP contribution in [0.2, 0.25) is 0 Å². The summed E-state index contributed by atoms with van der Waals surface area (Å²) < 4.78 is 0. The van der Waals surface area contributed by atoms with E-state index in [1.165, 1.54) is 0 Å². The van der Waals surface area contributed by atoms with Crippen molar-refractivity contribution in [1.82, 2.24) is 0 Å². The molecule has 24 heavy (non-hydrogen) atoms. The second-order valence-electron chi connectivity index (χ2n) is 5.29. The molecule has 3 rings (SSSR count). The molecular formula is C21H11N3. The first kappa shape index (κ1) is 15.0. The van der Waals surface area contributed by atoms with Crippen molar-refractivity contribution >= 4 is 0 Å². The predicted octanol–water partition coefficient (Wildman–Crippen LogP) is 4.64. The summed E-state index contributed by atoms with van der Waals surface area (Å²) in [6, 6.07) is 26.6. The van der Waals surface area contributed by atoms with Crippen LogP contribution in [-0.2, 0) is 0 Å². The third-order valence-electron chi connectivity index (χ3n) is 3.76. The minimum Gasteiger partial charge on any atom is -0.192 e. The van der Waals surface area contributed by atoms with Crippen LogP contribution in [0.4, 0.5) is 0 Å². The van der Waals surface area contributed by atoms with Crippen molar-refractivity contribution in [1.29, 1.82) is 15.8 Å². The van der Waals surface area contributed by atoms with Crippen LogP contribution in [-0.4, -0.2) is 0 Å².